The van der Waals surface area contributed by atoms with E-state index in [2.05, 4.69) is 80.3 Å². The van der Waals surface area contributed by atoms with Gasteiger partial charge in [-0.15, -0.1) is 0 Å². The first-order valence-electron chi connectivity index (χ1n) is 8.68. The highest BCUT2D eigenvalue weighted by Crippen LogP contribution is 2.12. The maximum atomic E-state index is 4.60. The number of allylic oxidation sites excluding steroid dienone is 1. The van der Waals surface area contributed by atoms with Gasteiger partial charge >= 0.3 is 0 Å². The average molecular weight is 398 g/mol. The topological polar surface area (TPSA) is 18.8 Å². The number of hydrazone groups is 1. The normalized spacial score (nSPS) is 16.6. The van der Waals surface area contributed by atoms with Crippen molar-refractivity contribution >= 4 is 28.2 Å². The van der Waals surface area contributed by atoms with Gasteiger partial charge in [0.2, 0.25) is 0 Å². The number of halogens is 1. The lowest BCUT2D eigenvalue weighted by atomic mass is 10.1. The van der Waals surface area contributed by atoms with Crippen molar-refractivity contribution in [3.8, 4) is 0 Å². The number of rotatable bonds is 5. The molecule has 130 valence electrons. The van der Waals surface area contributed by atoms with Gasteiger partial charge in [-0.2, -0.15) is 5.10 Å². The molecule has 1 aliphatic heterocycles. The van der Waals surface area contributed by atoms with Crippen molar-refractivity contribution in [1.29, 1.82) is 0 Å². The third kappa shape index (κ3) is 5.83. The fourth-order valence-corrected chi connectivity index (χ4v) is 3.20. The zero-order valence-electron chi connectivity index (χ0n) is 14.6. The first-order chi connectivity index (χ1) is 12.2. The van der Waals surface area contributed by atoms with Gasteiger partial charge in [-0.05, 0) is 40.1 Å². The molecule has 1 heterocycles. The molecule has 0 amide bonds. The highest BCUT2D eigenvalue weighted by molar-refractivity contribution is 9.12. The van der Waals surface area contributed by atoms with E-state index < -0.39 is 0 Å². The Morgan fingerprint density at radius 2 is 1.68 bits per heavy atom. The molecule has 1 fully saturated rings. The zero-order chi connectivity index (χ0) is 17.5. The smallest absolute Gasteiger partial charge is 0.0612 e. The van der Waals surface area contributed by atoms with Crippen molar-refractivity contribution in [3.63, 3.8) is 0 Å². The van der Waals surface area contributed by atoms with Crippen molar-refractivity contribution < 1.29 is 0 Å². The van der Waals surface area contributed by atoms with Crippen LogP contribution in [0.25, 0.3) is 6.08 Å². The molecular formula is C21H24BrN3. The number of piperazine rings is 1. The summed E-state index contributed by atoms with van der Waals surface area (Å²) < 4.78 is 0.987. The number of benzene rings is 2. The minimum absolute atomic E-state index is 0.966. The molecule has 1 aliphatic rings. The molecule has 3 nitrogen and oxygen atoms in total. The summed E-state index contributed by atoms with van der Waals surface area (Å²) in [6.45, 7) is 7.18. The second-order valence-electron chi connectivity index (χ2n) is 6.40. The molecule has 25 heavy (non-hydrogen) atoms. The van der Waals surface area contributed by atoms with Gasteiger partial charge in [-0.3, -0.25) is 9.91 Å². The SMILES string of the molecule is Cc1ccc(CN2CCN(/N=C/C(Br)=C/c3ccccc3)CC2)cc1. The Morgan fingerprint density at radius 3 is 2.36 bits per heavy atom. The van der Waals surface area contributed by atoms with Crippen LogP contribution in [0.4, 0.5) is 0 Å². The standard InChI is InChI=1S/C21H24BrN3/c1-18-7-9-20(10-8-18)17-24-11-13-25(14-12-24)23-16-21(22)15-19-5-3-2-4-6-19/h2-10,15-16H,11-14,17H2,1H3/b21-15-,23-16+. The lowest BCUT2D eigenvalue weighted by molar-refractivity contribution is 0.131. The van der Waals surface area contributed by atoms with Gasteiger partial charge in [-0.1, -0.05) is 60.2 Å². The van der Waals surface area contributed by atoms with Gasteiger partial charge in [0.25, 0.3) is 0 Å². The number of aryl methyl sites for hydroxylation is 1. The molecule has 0 atom stereocenters. The van der Waals surface area contributed by atoms with Crippen molar-refractivity contribution in [2.75, 3.05) is 26.2 Å². The predicted molar refractivity (Wildman–Crippen MR) is 110 cm³/mol. The van der Waals surface area contributed by atoms with E-state index in [1.165, 1.54) is 16.7 Å². The van der Waals surface area contributed by atoms with Gasteiger partial charge in [0.05, 0.1) is 6.21 Å². The van der Waals surface area contributed by atoms with Crippen LogP contribution in [0.1, 0.15) is 16.7 Å². The molecule has 3 rings (SSSR count). The fraction of sp³-hybridized carbons (Fsp3) is 0.286. The van der Waals surface area contributed by atoms with Crippen molar-refractivity contribution in [2.24, 2.45) is 5.10 Å². The van der Waals surface area contributed by atoms with E-state index in [-0.39, 0.29) is 0 Å². The van der Waals surface area contributed by atoms with Crippen LogP contribution < -0.4 is 0 Å². The van der Waals surface area contributed by atoms with Crippen LogP contribution in [-0.4, -0.2) is 42.3 Å². The van der Waals surface area contributed by atoms with Crippen LogP contribution in [0.2, 0.25) is 0 Å². The Bertz CT molecular complexity index is 715. The number of hydrogen-bond acceptors (Lipinski definition) is 3. The minimum atomic E-state index is 0.966. The summed E-state index contributed by atoms with van der Waals surface area (Å²) >= 11 is 3.58. The van der Waals surface area contributed by atoms with E-state index in [0.29, 0.717) is 0 Å². The molecule has 0 aromatic heterocycles. The lowest BCUT2D eigenvalue weighted by Crippen LogP contribution is -2.43. The van der Waals surface area contributed by atoms with Crippen LogP contribution >= 0.6 is 15.9 Å². The van der Waals surface area contributed by atoms with Crippen LogP contribution in [0.3, 0.4) is 0 Å². The highest BCUT2D eigenvalue weighted by Gasteiger charge is 2.15. The van der Waals surface area contributed by atoms with E-state index in [1.807, 2.05) is 24.4 Å². The quantitative estimate of drug-likeness (QED) is 0.689. The Kier molecular flexibility index (Phi) is 6.42. The van der Waals surface area contributed by atoms with Gasteiger partial charge < -0.3 is 0 Å². The van der Waals surface area contributed by atoms with Crippen molar-refractivity contribution in [2.45, 2.75) is 13.5 Å². The molecule has 4 heteroatoms. The molecule has 2 aromatic carbocycles. The van der Waals surface area contributed by atoms with Crippen molar-refractivity contribution in [1.82, 2.24) is 9.91 Å². The van der Waals surface area contributed by atoms with E-state index in [0.717, 1.165) is 37.2 Å². The van der Waals surface area contributed by atoms with Gasteiger partial charge in [-0.25, -0.2) is 0 Å². The Morgan fingerprint density at radius 1 is 1.00 bits per heavy atom. The van der Waals surface area contributed by atoms with Crippen LogP contribution in [0.5, 0.6) is 0 Å². The Balaban J connectivity index is 1.47. The molecule has 0 aliphatic carbocycles. The Hall–Kier alpha value is -1.91. The Labute approximate surface area is 158 Å². The highest BCUT2D eigenvalue weighted by atomic mass is 79.9. The monoisotopic (exact) mass is 397 g/mol. The minimum Gasteiger partial charge on any atom is -0.295 e. The van der Waals surface area contributed by atoms with Gasteiger partial charge in [0.15, 0.2) is 0 Å². The summed E-state index contributed by atoms with van der Waals surface area (Å²) in [5, 5.41) is 6.74. The second kappa shape index (κ2) is 8.97. The molecule has 0 radical (unpaired) electrons. The molecule has 0 bridgehead atoms. The number of hydrogen-bond donors (Lipinski definition) is 0. The van der Waals surface area contributed by atoms with Crippen LogP contribution in [0.15, 0.2) is 64.2 Å². The molecule has 0 unspecified atom stereocenters. The third-order valence-corrected chi connectivity index (χ3v) is 4.76. The van der Waals surface area contributed by atoms with E-state index in [4.69, 9.17) is 0 Å². The van der Waals surface area contributed by atoms with E-state index in [9.17, 15) is 0 Å². The average Bonchev–Trinajstić information content (AvgIpc) is 2.64. The molecule has 0 spiro atoms. The summed E-state index contributed by atoms with van der Waals surface area (Å²) in [5.74, 6) is 0. The molecule has 0 N–H and O–H groups in total. The molecule has 0 saturated carbocycles. The lowest BCUT2D eigenvalue weighted by Gasteiger charge is -2.33. The first kappa shape index (κ1) is 17.9. The second-order valence-corrected chi connectivity index (χ2v) is 7.32. The summed E-state index contributed by atoms with van der Waals surface area (Å²) in [6.07, 6.45) is 3.97. The van der Waals surface area contributed by atoms with Crippen molar-refractivity contribution in [3.05, 3.63) is 75.8 Å². The van der Waals surface area contributed by atoms with Crippen LogP contribution in [-0.2, 0) is 6.54 Å². The zero-order valence-corrected chi connectivity index (χ0v) is 16.2. The fourth-order valence-electron chi connectivity index (χ4n) is 2.85. The van der Waals surface area contributed by atoms with Crippen LogP contribution in [0, 0.1) is 6.92 Å². The maximum Gasteiger partial charge on any atom is 0.0612 e. The maximum absolute atomic E-state index is 4.60. The summed E-state index contributed by atoms with van der Waals surface area (Å²) in [6, 6.07) is 19.1. The van der Waals surface area contributed by atoms with Gasteiger partial charge in [0.1, 0.15) is 0 Å². The third-order valence-electron chi connectivity index (χ3n) is 4.32. The largest absolute Gasteiger partial charge is 0.295 e. The molecular weight excluding hydrogens is 374 g/mol. The summed E-state index contributed by atoms with van der Waals surface area (Å²) in [4.78, 5) is 2.49. The van der Waals surface area contributed by atoms with E-state index in [1.54, 1.807) is 0 Å². The van der Waals surface area contributed by atoms with Gasteiger partial charge in [0, 0.05) is 37.2 Å². The first-order valence-corrected chi connectivity index (χ1v) is 9.47. The predicted octanol–water partition coefficient (Wildman–Crippen LogP) is 4.53. The van der Waals surface area contributed by atoms with E-state index >= 15 is 0 Å². The summed E-state index contributed by atoms with van der Waals surface area (Å²) in [5.41, 5.74) is 3.87. The number of nitrogens with zero attached hydrogens (tertiary/aromatic N) is 3. The molecule has 1 saturated heterocycles. The summed E-state index contributed by atoms with van der Waals surface area (Å²) in [7, 11) is 0. The molecule has 2 aromatic rings.